The van der Waals surface area contributed by atoms with Crippen LogP contribution in [-0.4, -0.2) is 28.7 Å². The SMILES string of the molecule is COc1cc(F)c(F)cc1C(=O)NCc1ccc(-c2nn3c(c2C(N)=O)Nc2ccc(C)cc2CC3)cc1. The van der Waals surface area contributed by atoms with Gasteiger partial charge in [-0.05, 0) is 36.6 Å². The highest BCUT2D eigenvalue weighted by atomic mass is 19.2. The van der Waals surface area contributed by atoms with Crippen molar-refractivity contribution in [2.45, 2.75) is 26.4 Å². The Morgan fingerprint density at radius 1 is 1.11 bits per heavy atom. The third-order valence-corrected chi connectivity index (χ3v) is 6.47. The Hall–Kier alpha value is -4.73. The van der Waals surface area contributed by atoms with Crippen LogP contribution in [0.25, 0.3) is 11.3 Å². The van der Waals surface area contributed by atoms with E-state index in [2.05, 4.69) is 21.8 Å². The maximum absolute atomic E-state index is 13.7. The predicted octanol–water partition coefficient (Wildman–Crippen LogP) is 4.47. The van der Waals surface area contributed by atoms with Gasteiger partial charge in [-0.1, -0.05) is 42.0 Å². The smallest absolute Gasteiger partial charge is 0.255 e. The Morgan fingerprint density at radius 2 is 1.84 bits per heavy atom. The number of aryl methyl sites for hydroxylation is 3. The molecule has 0 radical (unpaired) electrons. The van der Waals surface area contributed by atoms with E-state index < -0.39 is 23.4 Å². The molecular weight excluding hydrogens is 492 g/mol. The number of nitrogens with two attached hydrogens (primary N) is 1. The first-order valence-electron chi connectivity index (χ1n) is 11.9. The number of methoxy groups -OCH3 is 1. The van der Waals surface area contributed by atoms with Crippen molar-refractivity contribution in [1.29, 1.82) is 0 Å². The van der Waals surface area contributed by atoms with Gasteiger partial charge in [0, 0.05) is 30.4 Å². The second-order valence-corrected chi connectivity index (χ2v) is 9.04. The highest BCUT2D eigenvalue weighted by molar-refractivity contribution is 6.04. The maximum atomic E-state index is 13.7. The zero-order valence-corrected chi connectivity index (χ0v) is 20.8. The van der Waals surface area contributed by atoms with Crippen LogP contribution in [0.1, 0.15) is 37.4 Å². The molecule has 1 aromatic heterocycles. The standard InChI is InChI=1S/C28H25F2N5O3/c1-15-3-8-22-18(11-15)9-10-35-27(33-22)24(26(31)36)25(34-35)17-6-4-16(5-7-17)14-32-28(37)19-12-20(29)21(30)13-23(19)38-2/h3-8,11-13,33H,9-10,14H2,1-2H3,(H2,31,36)(H,32,37). The van der Waals surface area contributed by atoms with Crippen LogP contribution in [0, 0.1) is 18.6 Å². The van der Waals surface area contributed by atoms with Gasteiger partial charge in [0.2, 0.25) is 0 Å². The first-order valence-corrected chi connectivity index (χ1v) is 11.9. The summed E-state index contributed by atoms with van der Waals surface area (Å²) >= 11 is 0. The molecular formula is C28H25F2N5O3. The first kappa shape index (κ1) is 24.9. The average molecular weight is 518 g/mol. The van der Waals surface area contributed by atoms with Gasteiger partial charge in [-0.2, -0.15) is 5.10 Å². The Kier molecular flexibility index (Phi) is 6.54. The number of nitrogens with one attached hydrogen (secondary N) is 2. The minimum Gasteiger partial charge on any atom is -0.496 e. The third kappa shape index (κ3) is 4.68. The number of carbonyl (C=O) groups is 2. The van der Waals surface area contributed by atoms with Crippen molar-refractivity contribution >= 4 is 23.3 Å². The Balaban J connectivity index is 1.37. The van der Waals surface area contributed by atoms with Crippen LogP contribution in [0.4, 0.5) is 20.3 Å². The van der Waals surface area contributed by atoms with E-state index in [0.29, 0.717) is 29.2 Å². The van der Waals surface area contributed by atoms with Crippen LogP contribution >= 0.6 is 0 Å². The second kappa shape index (κ2) is 9.97. The van der Waals surface area contributed by atoms with Gasteiger partial charge in [-0.25, -0.2) is 13.5 Å². The summed E-state index contributed by atoms with van der Waals surface area (Å²) in [5.41, 5.74) is 11.1. The lowest BCUT2D eigenvalue weighted by atomic mass is 10.0. The van der Waals surface area contributed by atoms with Crippen LogP contribution < -0.4 is 21.1 Å². The summed E-state index contributed by atoms with van der Waals surface area (Å²) in [6, 6.07) is 14.8. The zero-order chi connectivity index (χ0) is 27.0. The second-order valence-electron chi connectivity index (χ2n) is 9.04. The number of anilines is 2. The summed E-state index contributed by atoms with van der Waals surface area (Å²) < 4.78 is 33.9. The summed E-state index contributed by atoms with van der Waals surface area (Å²) in [6.45, 7) is 2.74. The van der Waals surface area contributed by atoms with E-state index in [1.54, 1.807) is 28.9 Å². The molecule has 194 valence electrons. The molecule has 3 aromatic carbocycles. The van der Waals surface area contributed by atoms with Gasteiger partial charge >= 0.3 is 0 Å². The summed E-state index contributed by atoms with van der Waals surface area (Å²) in [4.78, 5) is 25.1. The fraction of sp³-hybridized carbons (Fsp3) is 0.179. The monoisotopic (exact) mass is 517 g/mol. The lowest BCUT2D eigenvalue weighted by Crippen LogP contribution is -2.23. The Morgan fingerprint density at radius 3 is 2.55 bits per heavy atom. The first-order chi connectivity index (χ1) is 18.2. The normalized spacial score (nSPS) is 12.1. The topological polar surface area (TPSA) is 111 Å². The number of ether oxygens (including phenoxy) is 1. The lowest BCUT2D eigenvalue weighted by Gasteiger charge is -2.11. The van der Waals surface area contributed by atoms with Crippen molar-refractivity contribution in [3.63, 3.8) is 0 Å². The van der Waals surface area contributed by atoms with Crippen LogP contribution in [0.5, 0.6) is 5.75 Å². The van der Waals surface area contributed by atoms with Crippen LogP contribution in [0.3, 0.4) is 0 Å². The average Bonchev–Trinajstić information content (AvgIpc) is 3.17. The molecule has 0 saturated heterocycles. The molecule has 5 rings (SSSR count). The summed E-state index contributed by atoms with van der Waals surface area (Å²) in [5.74, 6) is -2.97. The Bertz CT molecular complexity index is 1560. The summed E-state index contributed by atoms with van der Waals surface area (Å²) in [7, 11) is 1.27. The molecule has 2 heterocycles. The van der Waals surface area contributed by atoms with Gasteiger partial charge in [0.15, 0.2) is 11.6 Å². The molecule has 1 aliphatic heterocycles. The summed E-state index contributed by atoms with van der Waals surface area (Å²) in [6.07, 6.45) is 0.748. The van der Waals surface area contributed by atoms with Crippen molar-refractivity contribution in [2.75, 3.05) is 12.4 Å². The highest BCUT2D eigenvalue weighted by Crippen LogP contribution is 2.34. The minimum absolute atomic E-state index is 0.0679. The quantitative estimate of drug-likeness (QED) is 0.349. The molecule has 0 spiro atoms. The molecule has 10 heteroatoms. The van der Waals surface area contributed by atoms with E-state index in [9.17, 15) is 18.4 Å². The number of nitrogens with zero attached hydrogens (tertiary/aromatic N) is 2. The van der Waals surface area contributed by atoms with Crippen molar-refractivity contribution in [3.8, 4) is 17.0 Å². The molecule has 0 unspecified atom stereocenters. The summed E-state index contributed by atoms with van der Waals surface area (Å²) in [5, 5.41) is 10.7. The molecule has 0 aliphatic carbocycles. The predicted molar refractivity (Wildman–Crippen MR) is 138 cm³/mol. The van der Waals surface area contributed by atoms with Gasteiger partial charge < -0.3 is 21.1 Å². The molecule has 38 heavy (non-hydrogen) atoms. The molecule has 0 bridgehead atoms. The number of hydrogen-bond acceptors (Lipinski definition) is 5. The number of benzene rings is 3. The van der Waals surface area contributed by atoms with Crippen molar-refractivity contribution in [3.05, 3.63) is 94.0 Å². The van der Waals surface area contributed by atoms with E-state index in [4.69, 9.17) is 10.5 Å². The number of aromatic nitrogens is 2. The number of primary amides is 1. The maximum Gasteiger partial charge on any atom is 0.255 e. The van der Waals surface area contributed by atoms with Gasteiger partial charge in [0.25, 0.3) is 11.8 Å². The number of fused-ring (bicyclic) bond motifs is 2. The van der Waals surface area contributed by atoms with Crippen LogP contribution in [-0.2, 0) is 19.5 Å². The number of amides is 2. The van der Waals surface area contributed by atoms with E-state index in [0.717, 1.165) is 40.9 Å². The van der Waals surface area contributed by atoms with Crippen molar-refractivity contribution in [2.24, 2.45) is 5.73 Å². The molecule has 0 atom stereocenters. The van der Waals surface area contributed by atoms with Crippen LogP contribution in [0.15, 0.2) is 54.6 Å². The van der Waals surface area contributed by atoms with Crippen LogP contribution in [0.2, 0.25) is 0 Å². The molecule has 0 saturated carbocycles. The molecule has 8 nitrogen and oxygen atoms in total. The van der Waals surface area contributed by atoms with E-state index in [1.165, 1.54) is 7.11 Å². The van der Waals surface area contributed by atoms with E-state index in [1.807, 2.05) is 19.1 Å². The highest BCUT2D eigenvalue weighted by Gasteiger charge is 2.26. The van der Waals surface area contributed by atoms with Gasteiger partial charge in [-0.3, -0.25) is 9.59 Å². The van der Waals surface area contributed by atoms with Gasteiger partial charge in [-0.15, -0.1) is 0 Å². The van der Waals surface area contributed by atoms with Crippen molar-refractivity contribution in [1.82, 2.24) is 15.1 Å². The minimum atomic E-state index is -1.14. The molecule has 1 aliphatic rings. The van der Waals surface area contributed by atoms with E-state index >= 15 is 0 Å². The van der Waals surface area contributed by atoms with Crippen molar-refractivity contribution < 1.29 is 23.1 Å². The zero-order valence-electron chi connectivity index (χ0n) is 20.8. The molecule has 2 amide bonds. The molecule has 4 N–H and O–H groups in total. The number of hydrogen-bond donors (Lipinski definition) is 3. The fourth-order valence-electron chi connectivity index (χ4n) is 4.52. The number of rotatable bonds is 6. The Labute approximate surface area is 217 Å². The molecule has 4 aromatic rings. The largest absolute Gasteiger partial charge is 0.496 e. The number of halogens is 2. The van der Waals surface area contributed by atoms with E-state index in [-0.39, 0.29) is 17.9 Å². The number of carbonyl (C=O) groups excluding carboxylic acids is 2. The molecule has 0 fully saturated rings. The fourth-order valence-corrected chi connectivity index (χ4v) is 4.52. The van der Waals surface area contributed by atoms with Gasteiger partial charge in [0.05, 0.1) is 12.7 Å². The van der Waals surface area contributed by atoms with Gasteiger partial charge in [0.1, 0.15) is 22.8 Å². The lowest BCUT2D eigenvalue weighted by molar-refractivity contribution is 0.0946. The third-order valence-electron chi connectivity index (χ3n) is 6.47.